The van der Waals surface area contributed by atoms with Gasteiger partial charge in [0.2, 0.25) is 0 Å². The summed E-state index contributed by atoms with van der Waals surface area (Å²) in [6.45, 7) is 4.92. The number of benzene rings is 1. The minimum Gasteiger partial charge on any atom is -0.360 e. The van der Waals surface area contributed by atoms with Crippen molar-refractivity contribution in [2.75, 3.05) is 11.9 Å². The van der Waals surface area contributed by atoms with Gasteiger partial charge in [-0.25, -0.2) is 0 Å². The molecule has 1 aromatic carbocycles. The maximum absolute atomic E-state index is 13.0. The molecule has 1 unspecified atom stereocenters. The van der Waals surface area contributed by atoms with Gasteiger partial charge in [0.25, 0.3) is 5.91 Å². The van der Waals surface area contributed by atoms with Crippen molar-refractivity contribution in [2.24, 2.45) is 13.0 Å². The zero-order valence-corrected chi connectivity index (χ0v) is 14.6. The summed E-state index contributed by atoms with van der Waals surface area (Å²) >= 11 is 0. The van der Waals surface area contributed by atoms with Crippen LogP contribution < -0.4 is 5.32 Å². The van der Waals surface area contributed by atoms with Gasteiger partial charge in [0.1, 0.15) is 5.82 Å². The lowest BCUT2D eigenvalue weighted by Crippen LogP contribution is -2.40. The Kier molecular flexibility index (Phi) is 4.71. The highest BCUT2D eigenvalue weighted by atomic mass is 16.5. The molecule has 24 heavy (non-hydrogen) atoms. The molecule has 0 aliphatic carbocycles. The van der Waals surface area contributed by atoms with E-state index in [9.17, 15) is 4.79 Å². The summed E-state index contributed by atoms with van der Waals surface area (Å²) in [5, 5.41) is 7.51. The van der Waals surface area contributed by atoms with E-state index in [0.717, 1.165) is 24.1 Å². The molecule has 1 aliphatic rings. The van der Waals surface area contributed by atoms with Gasteiger partial charge < -0.3 is 10.1 Å². The van der Waals surface area contributed by atoms with Crippen LogP contribution in [0.2, 0.25) is 0 Å². The van der Waals surface area contributed by atoms with Crippen molar-refractivity contribution in [3.63, 3.8) is 0 Å². The van der Waals surface area contributed by atoms with Crippen LogP contribution in [-0.4, -0.2) is 22.3 Å². The fourth-order valence-electron chi connectivity index (χ4n) is 3.26. The fourth-order valence-corrected chi connectivity index (χ4v) is 3.26. The highest BCUT2D eigenvalue weighted by molar-refractivity contribution is 5.97. The Morgan fingerprint density at radius 1 is 1.38 bits per heavy atom. The quantitative estimate of drug-likeness (QED) is 0.917. The molecular weight excluding hydrogens is 302 g/mol. The topological polar surface area (TPSA) is 56.1 Å². The van der Waals surface area contributed by atoms with E-state index >= 15 is 0 Å². The van der Waals surface area contributed by atoms with Gasteiger partial charge in [-0.1, -0.05) is 44.2 Å². The maximum Gasteiger partial charge on any atom is 0.262 e. The van der Waals surface area contributed by atoms with Crippen molar-refractivity contribution >= 4 is 11.7 Å². The second kappa shape index (κ2) is 6.77. The van der Waals surface area contributed by atoms with Crippen LogP contribution in [0.5, 0.6) is 0 Å². The van der Waals surface area contributed by atoms with Crippen molar-refractivity contribution in [1.29, 1.82) is 0 Å². The number of hydrogen-bond donors (Lipinski definition) is 1. The van der Waals surface area contributed by atoms with Crippen LogP contribution in [0, 0.1) is 5.92 Å². The molecule has 0 bridgehead atoms. The molecule has 1 amide bonds. The second-order valence-electron chi connectivity index (χ2n) is 6.84. The normalized spacial score (nSPS) is 20.5. The summed E-state index contributed by atoms with van der Waals surface area (Å²) in [4.78, 5) is 13.0. The van der Waals surface area contributed by atoms with Gasteiger partial charge in [0, 0.05) is 19.7 Å². The van der Waals surface area contributed by atoms with Gasteiger partial charge in [0.05, 0.1) is 5.69 Å². The highest BCUT2D eigenvalue weighted by Gasteiger charge is 2.44. The first-order chi connectivity index (χ1) is 11.5. The number of hydrogen-bond acceptors (Lipinski definition) is 3. The number of carbonyl (C=O) groups is 1. The zero-order chi connectivity index (χ0) is 17.2. The third-order valence-electron chi connectivity index (χ3n) is 4.42. The van der Waals surface area contributed by atoms with E-state index in [1.54, 1.807) is 4.68 Å². The van der Waals surface area contributed by atoms with Gasteiger partial charge in [-0.3, -0.25) is 9.48 Å². The van der Waals surface area contributed by atoms with Crippen LogP contribution in [0.3, 0.4) is 0 Å². The Labute approximate surface area is 143 Å². The summed E-state index contributed by atoms with van der Waals surface area (Å²) in [7, 11) is 1.85. The summed E-state index contributed by atoms with van der Waals surface area (Å²) in [5.74, 6) is 1.11. The van der Waals surface area contributed by atoms with Gasteiger partial charge in [-0.2, -0.15) is 5.10 Å². The van der Waals surface area contributed by atoms with Gasteiger partial charge >= 0.3 is 0 Å². The van der Waals surface area contributed by atoms with E-state index in [2.05, 4.69) is 24.3 Å². The van der Waals surface area contributed by atoms with Crippen molar-refractivity contribution in [3.05, 3.63) is 47.7 Å². The second-order valence-corrected chi connectivity index (χ2v) is 6.84. The molecule has 0 spiro atoms. The first-order valence-electron chi connectivity index (χ1n) is 8.55. The van der Waals surface area contributed by atoms with Crippen LogP contribution in [0.25, 0.3) is 0 Å². The van der Waals surface area contributed by atoms with Crippen molar-refractivity contribution in [1.82, 2.24) is 9.78 Å². The van der Waals surface area contributed by atoms with Crippen LogP contribution in [-0.2, 0) is 28.6 Å². The minimum atomic E-state index is -0.899. The molecule has 2 heterocycles. The van der Waals surface area contributed by atoms with Gasteiger partial charge in [-0.05, 0) is 30.7 Å². The number of ether oxygens (including phenoxy) is 1. The first-order valence-corrected chi connectivity index (χ1v) is 8.55. The number of anilines is 1. The Morgan fingerprint density at radius 3 is 2.75 bits per heavy atom. The molecule has 3 rings (SSSR count). The highest BCUT2D eigenvalue weighted by Crippen LogP contribution is 2.37. The Balaban J connectivity index is 1.84. The molecule has 1 N–H and O–H groups in total. The smallest absolute Gasteiger partial charge is 0.262 e. The molecule has 5 nitrogen and oxygen atoms in total. The Hall–Kier alpha value is -2.14. The van der Waals surface area contributed by atoms with E-state index in [1.807, 2.05) is 43.4 Å². The standard InChI is InChI=1S/C19H25N3O2/c1-14(2)12-16-13-17(22(3)21-16)20-18(23)19(10-7-11-24-19)15-8-5-4-6-9-15/h4-6,8-9,13-14H,7,10-12H2,1-3H3,(H,20,23). The average molecular weight is 327 g/mol. The van der Waals surface area contributed by atoms with Gasteiger partial charge in [0.15, 0.2) is 5.60 Å². The van der Waals surface area contributed by atoms with E-state index in [1.165, 1.54) is 0 Å². The molecule has 2 aromatic rings. The molecule has 1 fully saturated rings. The average Bonchev–Trinajstić information content (AvgIpc) is 3.16. The summed E-state index contributed by atoms with van der Waals surface area (Å²) in [5.41, 5.74) is 0.998. The molecule has 1 atom stereocenters. The van der Waals surface area contributed by atoms with E-state index in [0.29, 0.717) is 24.8 Å². The van der Waals surface area contributed by atoms with Gasteiger partial charge in [-0.15, -0.1) is 0 Å². The predicted molar refractivity (Wildman–Crippen MR) is 93.7 cm³/mol. The van der Waals surface area contributed by atoms with Crippen LogP contribution in [0.1, 0.15) is 37.9 Å². The molecule has 1 aliphatic heterocycles. The monoisotopic (exact) mass is 327 g/mol. The SMILES string of the molecule is CC(C)Cc1cc(NC(=O)C2(c3ccccc3)CCCO2)n(C)n1. The zero-order valence-electron chi connectivity index (χ0n) is 14.6. The van der Waals surface area contributed by atoms with E-state index in [-0.39, 0.29) is 5.91 Å². The molecule has 128 valence electrons. The lowest BCUT2D eigenvalue weighted by atomic mass is 9.90. The van der Waals surface area contributed by atoms with E-state index in [4.69, 9.17) is 4.74 Å². The number of carbonyl (C=O) groups excluding carboxylic acids is 1. The fraction of sp³-hybridized carbons (Fsp3) is 0.474. The molecular formula is C19H25N3O2. The number of nitrogens with one attached hydrogen (secondary N) is 1. The number of nitrogens with zero attached hydrogens (tertiary/aromatic N) is 2. The first kappa shape index (κ1) is 16.7. The lowest BCUT2D eigenvalue weighted by Gasteiger charge is -2.27. The van der Waals surface area contributed by atoms with E-state index < -0.39 is 5.60 Å². The third-order valence-corrected chi connectivity index (χ3v) is 4.42. The molecule has 1 aromatic heterocycles. The van der Waals surface area contributed by atoms with Crippen molar-refractivity contribution in [2.45, 2.75) is 38.7 Å². The Morgan fingerprint density at radius 2 is 2.12 bits per heavy atom. The summed E-state index contributed by atoms with van der Waals surface area (Å²) in [6, 6.07) is 11.7. The van der Waals surface area contributed by atoms with Crippen LogP contribution in [0.15, 0.2) is 36.4 Å². The summed E-state index contributed by atoms with van der Waals surface area (Å²) in [6.07, 6.45) is 2.47. The largest absolute Gasteiger partial charge is 0.360 e. The van der Waals surface area contributed by atoms with Crippen LogP contribution in [0.4, 0.5) is 5.82 Å². The number of aryl methyl sites for hydroxylation is 1. The lowest BCUT2D eigenvalue weighted by molar-refractivity contribution is -0.136. The minimum absolute atomic E-state index is 0.120. The molecule has 5 heteroatoms. The number of aromatic nitrogens is 2. The Bertz CT molecular complexity index is 701. The van der Waals surface area contributed by atoms with Crippen molar-refractivity contribution in [3.8, 4) is 0 Å². The number of amides is 1. The van der Waals surface area contributed by atoms with Crippen LogP contribution >= 0.6 is 0 Å². The maximum atomic E-state index is 13.0. The summed E-state index contributed by atoms with van der Waals surface area (Å²) < 4.78 is 7.66. The van der Waals surface area contributed by atoms with Crippen molar-refractivity contribution < 1.29 is 9.53 Å². The number of rotatable bonds is 5. The molecule has 0 radical (unpaired) electrons. The predicted octanol–water partition coefficient (Wildman–Crippen LogP) is 3.26. The molecule has 0 saturated carbocycles. The third kappa shape index (κ3) is 3.22. The molecule has 1 saturated heterocycles.